The number of hydrogen-bond donors (Lipinski definition) is 2. The molecule has 0 amide bonds. The predicted octanol–water partition coefficient (Wildman–Crippen LogP) is 3.98. The third kappa shape index (κ3) is 3.51. The molecule has 0 aromatic carbocycles. The van der Waals surface area contributed by atoms with E-state index in [0.717, 1.165) is 30.2 Å². The molecule has 0 aliphatic heterocycles. The SMILES string of the molecule is CCOC(=O)[C@@H]1[C@@H](Nc2nc(-c3[nH]nc4ncc(F)cc34)nn3c(COC)ccc23)[C@@H]2CC[C@H]1C1CCC12. The van der Waals surface area contributed by atoms with Crippen molar-refractivity contribution >= 4 is 28.3 Å². The van der Waals surface area contributed by atoms with Crippen LogP contribution in [0.25, 0.3) is 28.1 Å². The maximum atomic E-state index is 14.1. The number of carbonyl (C=O) groups is 1. The van der Waals surface area contributed by atoms with Gasteiger partial charge in [0.15, 0.2) is 11.5 Å². The zero-order chi connectivity index (χ0) is 26.0. The molecule has 2 N–H and O–H groups in total. The molecule has 4 saturated carbocycles. The topological polar surface area (TPSA) is 119 Å². The number of methoxy groups -OCH3 is 1. The van der Waals surface area contributed by atoms with Gasteiger partial charge in [0.05, 0.1) is 36.4 Å². The Morgan fingerprint density at radius 1 is 1.18 bits per heavy atom. The van der Waals surface area contributed by atoms with Crippen LogP contribution in [0.5, 0.6) is 0 Å². The highest BCUT2D eigenvalue weighted by atomic mass is 19.1. The molecule has 0 radical (unpaired) electrons. The second-order valence-corrected chi connectivity index (χ2v) is 10.7. The van der Waals surface area contributed by atoms with Gasteiger partial charge in [-0.1, -0.05) is 0 Å². The molecule has 4 aliphatic rings. The number of esters is 1. The Hall–Kier alpha value is -3.60. The minimum atomic E-state index is -0.467. The standard InChI is InChI=1S/C27H30FN7O3/c1-3-38-27(36)21-17-7-8-18(16-6-5-15(16)17)22(21)30-25-20-9-4-14(12-37-2)35(20)34-26(31-25)23-19-10-13(28)11-29-24(19)33-32-23/h4,9-11,15-18,21-22H,3,5-8,12H2,1-2H3,(H,29,32,33)(H,30,31,34)/t15?,16?,17-,18+,21-,22-/m0/s1. The summed E-state index contributed by atoms with van der Waals surface area (Å²) in [5, 5.41) is 16.1. The molecule has 4 aromatic heterocycles. The van der Waals surface area contributed by atoms with Gasteiger partial charge in [0.1, 0.15) is 17.0 Å². The molecule has 38 heavy (non-hydrogen) atoms. The molecule has 4 aromatic rings. The smallest absolute Gasteiger partial charge is 0.311 e. The minimum Gasteiger partial charge on any atom is -0.466 e. The first-order chi connectivity index (χ1) is 18.6. The first-order valence-corrected chi connectivity index (χ1v) is 13.4. The van der Waals surface area contributed by atoms with Crippen LogP contribution in [0.2, 0.25) is 0 Å². The van der Waals surface area contributed by atoms with E-state index in [1.54, 1.807) is 11.6 Å². The van der Waals surface area contributed by atoms with Crippen LogP contribution in [0.4, 0.5) is 10.2 Å². The Morgan fingerprint density at radius 2 is 1.97 bits per heavy atom. The summed E-state index contributed by atoms with van der Waals surface area (Å²) in [6.07, 6.45) is 5.71. The summed E-state index contributed by atoms with van der Waals surface area (Å²) in [5.41, 5.74) is 2.48. The molecule has 4 aliphatic carbocycles. The van der Waals surface area contributed by atoms with Gasteiger partial charge in [-0.25, -0.2) is 18.9 Å². The Morgan fingerprint density at radius 3 is 2.76 bits per heavy atom. The van der Waals surface area contributed by atoms with Crippen molar-refractivity contribution in [3.63, 3.8) is 0 Å². The molecule has 4 fully saturated rings. The normalized spacial score (nSPS) is 27.9. The molecular weight excluding hydrogens is 489 g/mol. The summed E-state index contributed by atoms with van der Waals surface area (Å²) in [4.78, 5) is 22.3. The van der Waals surface area contributed by atoms with Gasteiger partial charge < -0.3 is 14.8 Å². The van der Waals surface area contributed by atoms with Gasteiger partial charge >= 0.3 is 5.97 Å². The van der Waals surface area contributed by atoms with Gasteiger partial charge in [0, 0.05) is 13.2 Å². The number of nitrogens with zero attached hydrogens (tertiary/aromatic N) is 5. The van der Waals surface area contributed by atoms with Crippen molar-refractivity contribution < 1.29 is 18.7 Å². The van der Waals surface area contributed by atoms with Crippen molar-refractivity contribution in [1.82, 2.24) is 29.8 Å². The van der Waals surface area contributed by atoms with E-state index in [1.807, 2.05) is 19.1 Å². The average molecular weight is 520 g/mol. The second-order valence-electron chi connectivity index (χ2n) is 10.7. The number of aromatic nitrogens is 6. The molecule has 10 nitrogen and oxygen atoms in total. The fraction of sp³-hybridized carbons (Fsp3) is 0.519. The van der Waals surface area contributed by atoms with Crippen LogP contribution in [0.1, 0.15) is 38.3 Å². The first kappa shape index (κ1) is 23.5. The van der Waals surface area contributed by atoms with Crippen molar-refractivity contribution in [2.45, 2.75) is 45.3 Å². The first-order valence-electron chi connectivity index (χ1n) is 13.4. The van der Waals surface area contributed by atoms with Gasteiger partial charge in [0.2, 0.25) is 5.82 Å². The van der Waals surface area contributed by atoms with Crippen molar-refractivity contribution in [3.05, 3.63) is 35.9 Å². The minimum absolute atomic E-state index is 0.0840. The van der Waals surface area contributed by atoms with E-state index in [0.29, 0.717) is 65.3 Å². The van der Waals surface area contributed by atoms with Crippen LogP contribution in [0.15, 0.2) is 24.4 Å². The lowest BCUT2D eigenvalue weighted by atomic mass is 9.46. The number of anilines is 1. The molecule has 0 spiro atoms. The number of hydrogen-bond acceptors (Lipinski definition) is 8. The van der Waals surface area contributed by atoms with Crippen LogP contribution in [-0.2, 0) is 20.9 Å². The average Bonchev–Trinajstić information content (AvgIpc) is 3.48. The quantitative estimate of drug-likeness (QED) is 0.352. The third-order valence-corrected chi connectivity index (χ3v) is 8.97. The number of pyridine rings is 1. The van der Waals surface area contributed by atoms with E-state index >= 15 is 0 Å². The lowest BCUT2D eigenvalue weighted by Gasteiger charge is -2.61. The Kier molecular flexibility index (Phi) is 5.57. The molecule has 8 rings (SSSR count). The summed E-state index contributed by atoms with van der Waals surface area (Å²) in [7, 11) is 1.63. The van der Waals surface area contributed by atoms with Crippen LogP contribution >= 0.6 is 0 Å². The van der Waals surface area contributed by atoms with Gasteiger partial charge in [-0.05, 0) is 74.5 Å². The van der Waals surface area contributed by atoms with Gasteiger partial charge in [-0.2, -0.15) is 5.10 Å². The lowest BCUT2D eigenvalue weighted by Crippen LogP contribution is -2.62. The number of H-pyrrole nitrogens is 1. The number of carbonyl (C=O) groups excluding carboxylic acids is 1. The van der Waals surface area contributed by atoms with E-state index in [1.165, 1.54) is 18.9 Å². The monoisotopic (exact) mass is 519 g/mol. The predicted molar refractivity (Wildman–Crippen MR) is 137 cm³/mol. The summed E-state index contributed by atoms with van der Waals surface area (Å²) in [6, 6.07) is 5.20. The van der Waals surface area contributed by atoms with Crippen LogP contribution in [-0.4, -0.2) is 55.5 Å². The Balaban J connectivity index is 1.35. The van der Waals surface area contributed by atoms with Crippen molar-refractivity contribution in [3.8, 4) is 11.5 Å². The van der Waals surface area contributed by atoms with Gasteiger partial charge in [0.25, 0.3) is 0 Å². The van der Waals surface area contributed by atoms with Crippen LogP contribution in [0.3, 0.4) is 0 Å². The highest BCUT2D eigenvalue weighted by molar-refractivity contribution is 5.89. The summed E-state index contributed by atoms with van der Waals surface area (Å²) in [5.74, 6) is 2.12. The van der Waals surface area contributed by atoms with Gasteiger partial charge in [-0.3, -0.25) is 9.89 Å². The summed E-state index contributed by atoms with van der Waals surface area (Å²) >= 11 is 0. The van der Waals surface area contributed by atoms with Crippen molar-refractivity contribution in [2.75, 3.05) is 19.0 Å². The summed E-state index contributed by atoms with van der Waals surface area (Å²) in [6.45, 7) is 2.58. The zero-order valence-corrected chi connectivity index (χ0v) is 21.4. The number of halogens is 1. The molecule has 11 heteroatoms. The highest BCUT2D eigenvalue weighted by Gasteiger charge is 2.59. The Bertz CT molecular complexity index is 1530. The van der Waals surface area contributed by atoms with Gasteiger partial charge in [-0.15, -0.1) is 5.10 Å². The van der Waals surface area contributed by atoms with E-state index in [2.05, 4.69) is 20.5 Å². The third-order valence-electron chi connectivity index (χ3n) is 8.97. The highest BCUT2D eigenvalue weighted by Crippen LogP contribution is 2.60. The van der Waals surface area contributed by atoms with Crippen LogP contribution < -0.4 is 5.32 Å². The van der Waals surface area contributed by atoms with E-state index in [4.69, 9.17) is 19.6 Å². The largest absolute Gasteiger partial charge is 0.466 e. The number of fused-ring (bicyclic) bond motifs is 4. The molecule has 2 unspecified atom stereocenters. The summed E-state index contributed by atoms with van der Waals surface area (Å²) < 4.78 is 26.9. The number of nitrogens with one attached hydrogen (secondary N) is 2. The van der Waals surface area contributed by atoms with E-state index in [9.17, 15) is 9.18 Å². The molecule has 2 bridgehead atoms. The second kappa shape index (κ2) is 9.00. The maximum Gasteiger partial charge on any atom is 0.311 e. The van der Waals surface area contributed by atoms with Crippen molar-refractivity contribution in [2.24, 2.45) is 29.6 Å². The molecule has 0 saturated heterocycles. The van der Waals surface area contributed by atoms with Crippen LogP contribution in [0, 0.1) is 35.4 Å². The number of aromatic amines is 1. The zero-order valence-electron chi connectivity index (χ0n) is 21.4. The fourth-order valence-corrected chi connectivity index (χ4v) is 7.33. The number of rotatable bonds is 7. The van der Waals surface area contributed by atoms with E-state index in [-0.39, 0.29) is 17.9 Å². The molecule has 6 atom stereocenters. The van der Waals surface area contributed by atoms with Crippen molar-refractivity contribution in [1.29, 1.82) is 0 Å². The molecule has 4 heterocycles. The number of ether oxygens (including phenoxy) is 2. The molecular formula is C27H30FN7O3. The maximum absolute atomic E-state index is 14.1. The molecule has 198 valence electrons. The van der Waals surface area contributed by atoms with E-state index < -0.39 is 5.82 Å². The fourth-order valence-electron chi connectivity index (χ4n) is 7.33. The lowest BCUT2D eigenvalue weighted by molar-refractivity contribution is -0.166. The Labute approximate surface area is 218 Å².